The molecule has 0 saturated heterocycles. The quantitative estimate of drug-likeness (QED) is 0.321. The lowest BCUT2D eigenvalue weighted by atomic mass is 10.1. The molecule has 0 aliphatic heterocycles. The minimum Gasteiger partial charge on any atom is -0.497 e. The van der Waals surface area contributed by atoms with Gasteiger partial charge in [0.1, 0.15) is 34.2 Å². The summed E-state index contributed by atoms with van der Waals surface area (Å²) in [5.41, 5.74) is 3.11. The van der Waals surface area contributed by atoms with Gasteiger partial charge in [-0.05, 0) is 54.1 Å². The van der Waals surface area contributed by atoms with E-state index in [2.05, 4.69) is 20.7 Å². The molecule has 3 aromatic carbocycles. The van der Waals surface area contributed by atoms with E-state index < -0.39 is 0 Å². The fraction of sp³-hybridized carbons (Fsp3) is 0.0400. The van der Waals surface area contributed by atoms with E-state index in [9.17, 15) is 0 Å². The van der Waals surface area contributed by atoms with E-state index in [0.717, 1.165) is 50.1 Å². The van der Waals surface area contributed by atoms with E-state index in [0.29, 0.717) is 0 Å². The van der Waals surface area contributed by atoms with Crippen LogP contribution >= 0.6 is 11.3 Å². The Balaban J connectivity index is 1.43. The summed E-state index contributed by atoms with van der Waals surface area (Å²) >= 11 is 1.60. The Morgan fingerprint density at radius 2 is 1.48 bits per heavy atom. The maximum atomic E-state index is 5.88. The number of para-hydroxylation sites is 1. The predicted molar refractivity (Wildman–Crippen MR) is 126 cm³/mol. The average molecular weight is 426 g/mol. The number of ether oxygens (including phenoxy) is 2. The molecule has 5 aromatic rings. The minimum atomic E-state index is 0.772. The Bertz CT molecular complexity index is 1300. The van der Waals surface area contributed by atoms with Gasteiger partial charge in [0.05, 0.1) is 12.5 Å². The third-order valence-corrected chi connectivity index (χ3v) is 5.75. The van der Waals surface area contributed by atoms with E-state index in [1.807, 2.05) is 78.9 Å². The topological polar surface area (TPSA) is 56.3 Å². The van der Waals surface area contributed by atoms with Crippen molar-refractivity contribution in [1.29, 1.82) is 0 Å². The number of thiophene rings is 1. The number of rotatable bonds is 6. The summed E-state index contributed by atoms with van der Waals surface area (Å²) in [7, 11) is 1.67. The van der Waals surface area contributed by atoms with Gasteiger partial charge in [-0.3, -0.25) is 0 Å². The molecule has 31 heavy (non-hydrogen) atoms. The molecule has 5 rings (SSSR count). The van der Waals surface area contributed by atoms with Crippen LogP contribution in [-0.2, 0) is 0 Å². The number of anilines is 2. The van der Waals surface area contributed by atoms with Gasteiger partial charge in [-0.1, -0.05) is 30.3 Å². The summed E-state index contributed by atoms with van der Waals surface area (Å²) in [5, 5.41) is 6.55. The van der Waals surface area contributed by atoms with Crippen LogP contribution in [0.1, 0.15) is 0 Å². The summed E-state index contributed by atoms with van der Waals surface area (Å²) in [6.45, 7) is 0. The molecule has 0 atom stereocenters. The molecule has 2 aromatic heterocycles. The molecule has 0 aliphatic rings. The van der Waals surface area contributed by atoms with Crippen molar-refractivity contribution in [2.24, 2.45) is 0 Å². The van der Waals surface area contributed by atoms with Crippen molar-refractivity contribution < 1.29 is 9.47 Å². The van der Waals surface area contributed by atoms with Gasteiger partial charge in [0.25, 0.3) is 0 Å². The van der Waals surface area contributed by atoms with Crippen LogP contribution in [0.25, 0.3) is 21.3 Å². The lowest BCUT2D eigenvalue weighted by molar-refractivity contribution is 0.415. The Hall–Kier alpha value is -3.90. The van der Waals surface area contributed by atoms with Crippen molar-refractivity contribution >= 4 is 33.1 Å². The van der Waals surface area contributed by atoms with Crippen molar-refractivity contribution in [3.8, 4) is 28.4 Å². The molecule has 0 spiro atoms. The maximum Gasteiger partial charge on any atom is 0.143 e. The van der Waals surface area contributed by atoms with Crippen molar-refractivity contribution in [3.63, 3.8) is 0 Å². The number of fused-ring (bicyclic) bond motifs is 1. The monoisotopic (exact) mass is 425 g/mol. The molecule has 152 valence electrons. The summed E-state index contributed by atoms with van der Waals surface area (Å²) in [6, 6.07) is 25.6. The molecule has 0 aliphatic carbocycles. The zero-order valence-electron chi connectivity index (χ0n) is 16.8. The van der Waals surface area contributed by atoms with Gasteiger partial charge in [0, 0.05) is 16.6 Å². The molecule has 0 unspecified atom stereocenters. The second-order valence-corrected chi connectivity index (χ2v) is 7.70. The van der Waals surface area contributed by atoms with Crippen molar-refractivity contribution in [2.45, 2.75) is 0 Å². The highest BCUT2D eigenvalue weighted by Crippen LogP contribution is 2.38. The highest BCUT2D eigenvalue weighted by molar-refractivity contribution is 7.17. The number of benzene rings is 3. The van der Waals surface area contributed by atoms with Gasteiger partial charge in [0.2, 0.25) is 0 Å². The summed E-state index contributed by atoms with van der Waals surface area (Å²) < 4.78 is 11.2. The van der Waals surface area contributed by atoms with Crippen LogP contribution in [0.3, 0.4) is 0 Å². The summed E-state index contributed by atoms with van der Waals surface area (Å²) in [6.07, 6.45) is 1.59. The lowest BCUT2D eigenvalue weighted by Crippen LogP contribution is -1.95. The van der Waals surface area contributed by atoms with Gasteiger partial charge in [0.15, 0.2) is 0 Å². The first-order valence-corrected chi connectivity index (χ1v) is 10.6. The Kier molecular flexibility index (Phi) is 5.21. The van der Waals surface area contributed by atoms with Crippen LogP contribution in [0.15, 0.2) is 90.6 Å². The lowest BCUT2D eigenvalue weighted by Gasteiger charge is -2.10. The summed E-state index contributed by atoms with van der Waals surface area (Å²) in [5.74, 6) is 3.19. The Morgan fingerprint density at radius 1 is 0.774 bits per heavy atom. The van der Waals surface area contributed by atoms with Crippen LogP contribution < -0.4 is 14.8 Å². The summed E-state index contributed by atoms with van der Waals surface area (Å²) in [4.78, 5) is 9.90. The first-order valence-electron chi connectivity index (χ1n) is 9.77. The van der Waals surface area contributed by atoms with Crippen LogP contribution in [-0.4, -0.2) is 17.1 Å². The fourth-order valence-corrected chi connectivity index (χ4v) is 4.24. The Morgan fingerprint density at radius 3 is 2.23 bits per heavy atom. The highest BCUT2D eigenvalue weighted by atomic mass is 32.1. The number of methoxy groups -OCH3 is 1. The molecule has 0 saturated carbocycles. The molecular weight excluding hydrogens is 406 g/mol. The van der Waals surface area contributed by atoms with E-state index in [4.69, 9.17) is 9.47 Å². The second kappa shape index (κ2) is 8.45. The van der Waals surface area contributed by atoms with Crippen LogP contribution in [0.4, 0.5) is 11.5 Å². The molecule has 0 fully saturated rings. The van der Waals surface area contributed by atoms with E-state index in [1.165, 1.54) is 0 Å². The molecule has 6 heteroatoms. The van der Waals surface area contributed by atoms with E-state index in [1.54, 1.807) is 24.8 Å². The van der Waals surface area contributed by atoms with Crippen LogP contribution in [0.5, 0.6) is 17.2 Å². The molecule has 2 heterocycles. The largest absolute Gasteiger partial charge is 0.497 e. The Labute approximate surface area is 184 Å². The second-order valence-electron chi connectivity index (χ2n) is 6.84. The number of nitrogens with zero attached hydrogens (tertiary/aromatic N) is 2. The van der Waals surface area contributed by atoms with Crippen LogP contribution in [0, 0.1) is 0 Å². The molecule has 0 bridgehead atoms. The van der Waals surface area contributed by atoms with Gasteiger partial charge in [-0.25, -0.2) is 9.97 Å². The number of nitrogens with one attached hydrogen (secondary N) is 1. The number of hydrogen-bond acceptors (Lipinski definition) is 6. The standard InChI is InChI=1S/C25H19N3O2S/c1-29-19-11-7-17(8-12-19)22-15-31-25-23(22)24(26-16-27-25)28-18-9-13-21(14-10-18)30-20-5-3-2-4-6-20/h2-16H,1H3,(H,26,27,28). The molecule has 0 radical (unpaired) electrons. The van der Waals surface area contributed by atoms with Crippen molar-refractivity contribution in [2.75, 3.05) is 12.4 Å². The third-order valence-electron chi connectivity index (χ3n) is 4.87. The zero-order chi connectivity index (χ0) is 21.0. The fourth-order valence-electron chi connectivity index (χ4n) is 3.32. The van der Waals surface area contributed by atoms with Gasteiger partial charge < -0.3 is 14.8 Å². The minimum absolute atomic E-state index is 0.772. The predicted octanol–water partition coefficient (Wildman–Crippen LogP) is 6.90. The van der Waals surface area contributed by atoms with E-state index in [-0.39, 0.29) is 0 Å². The first-order chi connectivity index (χ1) is 15.3. The molecule has 0 amide bonds. The van der Waals surface area contributed by atoms with Gasteiger partial charge in [-0.15, -0.1) is 11.3 Å². The molecular formula is C25H19N3O2S. The normalized spacial score (nSPS) is 10.7. The maximum absolute atomic E-state index is 5.88. The SMILES string of the molecule is COc1ccc(-c2csc3ncnc(Nc4ccc(Oc5ccccc5)cc4)c23)cc1. The average Bonchev–Trinajstić information content (AvgIpc) is 3.26. The highest BCUT2D eigenvalue weighted by Gasteiger charge is 2.13. The smallest absolute Gasteiger partial charge is 0.143 e. The van der Waals surface area contributed by atoms with Crippen LogP contribution in [0.2, 0.25) is 0 Å². The number of aromatic nitrogens is 2. The van der Waals surface area contributed by atoms with E-state index >= 15 is 0 Å². The van der Waals surface area contributed by atoms with Crippen molar-refractivity contribution in [3.05, 3.63) is 90.6 Å². The zero-order valence-corrected chi connectivity index (χ0v) is 17.6. The third kappa shape index (κ3) is 4.06. The first kappa shape index (κ1) is 19.1. The van der Waals surface area contributed by atoms with Crippen molar-refractivity contribution in [1.82, 2.24) is 9.97 Å². The molecule has 1 N–H and O–H groups in total. The van der Waals surface area contributed by atoms with Gasteiger partial charge >= 0.3 is 0 Å². The van der Waals surface area contributed by atoms with Gasteiger partial charge in [-0.2, -0.15) is 0 Å². The molecule has 5 nitrogen and oxygen atoms in total. The number of hydrogen-bond donors (Lipinski definition) is 1.